The highest BCUT2D eigenvalue weighted by Gasteiger charge is 2.40. The van der Waals surface area contributed by atoms with Gasteiger partial charge in [0, 0.05) is 12.3 Å². The second-order valence-electron chi connectivity index (χ2n) is 7.82. The predicted molar refractivity (Wildman–Crippen MR) is 89.3 cm³/mol. The quantitative estimate of drug-likeness (QED) is 0.416. The largest absolute Gasteiger partial charge is 0.414 e. The summed E-state index contributed by atoms with van der Waals surface area (Å²) in [6.07, 6.45) is 7.82. The highest BCUT2D eigenvalue weighted by atomic mass is 31.1. The van der Waals surface area contributed by atoms with Crippen LogP contribution in [0.1, 0.15) is 59.3 Å². The van der Waals surface area contributed by atoms with Crippen molar-refractivity contribution in [2.24, 2.45) is 5.92 Å². The fourth-order valence-corrected chi connectivity index (χ4v) is 4.65. The maximum absolute atomic E-state index is 10.7. The van der Waals surface area contributed by atoms with Crippen LogP contribution in [0.5, 0.6) is 0 Å². The lowest BCUT2D eigenvalue weighted by molar-refractivity contribution is 0.182. The Labute approximate surface area is 126 Å². The normalized spacial score (nSPS) is 25.9. The standard InChI is InChI=1S/C15H33O3PSi/c1-15(2,3)20(4,5)18-14-10-9-13(12-14)8-6-7-11-19(16)17/h13-14,19H,6-12H2,1-5H3,(H,16,17). The molecule has 120 valence electrons. The molecule has 0 amide bonds. The van der Waals surface area contributed by atoms with Gasteiger partial charge in [-0.2, -0.15) is 0 Å². The molecule has 0 aromatic rings. The molecule has 1 aliphatic carbocycles. The first-order valence-corrected chi connectivity index (χ1v) is 12.5. The molecular weight excluding hydrogens is 287 g/mol. The molecule has 0 bridgehead atoms. The van der Waals surface area contributed by atoms with Crippen molar-refractivity contribution in [2.75, 3.05) is 6.16 Å². The molecule has 5 heteroatoms. The zero-order valence-electron chi connectivity index (χ0n) is 13.9. The van der Waals surface area contributed by atoms with Crippen LogP contribution >= 0.6 is 8.03 Å². The molecule has 3 nitrogen and oxygen atoms in total. The average molecular weight is 320 g/mol. The van der Waals surface area contributed by atoms with Crippen molar-refractivity contribution in [3.8, 4) is 0 Å². The monoisotopic (exact) mass is 320 g/mol. The van der Waals surface area contributed by atoms with Gasteiger partial charge >= 0.3 is 0 Å². The number of hydrogen-bond acceptors (Lipinski definition) is 2. The Kier molecular flexibility index (Phi) is 6.98. The lowest BCUT2D eigenvalue weighted by Crippen LogP contribution is -2.43. The summed E-state index contributed by atoms with van der Waals surface area (Å²) in [4.78, 5) is 8.82. The highest BCUT2D eigenvalue weighted by Crippen LogP contribution is 2.41. The van der Waals surface area contributed by atoms with Gasteiger partial charge in [-0.1, -0.05) is 33.6 Å². The first-order valence-electron chi connectivity index (χ1n) is 8.01. The summed E-state index contributed by atoms with van der Waals surface area (Å²) in [6.45, 7) is 11.5. The van der Waals surface area contributed by atoms with Crippen LogP contribution < -0.4 is 0 Å². The van der Waals surface area contributed by atoms with Crippen LogP contribution in [0.15, 0.2) is 0 Å². The topological polar surface area (TPSA) is 46.5 Å². The van der Waals surface area contributed by atoms with Crippen molar-refractivity contribution in [3.05, 3.63) is 0 Å². The lowest BCUT2D eigenvalue weighted by atomic mass is 10.0. The molecule has 0 saturated heterocycles. The molecule has 1 fully saturated rings. The summed E-state index contributed by atoms with van der Waals surface area (Å²) in [7, 11) is -3.87. The Bertz CT molecular complexity index is 326. The molecule has 3 atom stereocenters. The molecule has 0 heterocycles. The molecule has 1 rings (SSSR count). The molecule has 0 aromatic carbocycles. The van der Waals surface area contributed by atoms with Crippen molar-refractivity contribution in [1.29, 1.82) is 0 Å². The van der Waals surface area contributed by atoms with Gasteiger partial charge in [-0.15, -0.1) is 0 Å². The van der Waals surface area contributed by atoms with Crippen molar-refractivity contribution in [3.63, 3.8) is 0 Å². The van der Waals surface area contributed by atoms with Crippen LogP contribution in [0.2, 0.25) is 18.1 Å². The van der Waals surface area contributed by atoms with Crippen LogP contribution in [0.4, 0.5) is 0 Å². The van der Waals surface area contributed by atoms with E-state index < -0.39 is 16.3 Å². The smallest absolute Gasteiger partial charge is 0.192 e. The molecule has 20 heavy (non-hydrogen) atoms. The maximum atomic E-state index is 10.7. The van der Waals surface area contributed by atoms with Crippen molar-refractivity contribution < 1.29 is 13.9 Å². The fraction of sp³-hybridized carbons (Fsp3) is 1.00. The molecule has 1 saturated carbocycles. The van der Waals surface area contributed by atoms with Gasteiger partial charge in [-0.25, -0.2) is 0 Å². The van der Waals surface area contributed by atoms with E-state index in [-0.39, 0.29) is 0 Å². The van der Waals surface area contributed by atoms with Crippen LogP contribution in [-0.4, -0.2) is 25.5 Å². The Hall–Kier alpha value is 0.367. The zero-order chi connectivity index (χ0) is 15.4. The molecular formula is C15H33O3PSi. The summed E-state index contributed by atoms with van der Waals surface area (Å²) in [5.41, 5.74) is 0. The van der Waals surface area contributed by atoms with Gasteiger partial charge in [0.05, 0.1) is 0 Å². The van der Waals surface area contributed by atoms with E-state index >= 15 is 0 Å². The Morgan fingerprint density at radius 3 is 2.45 bits per heavy atom. The van der Waals surface area contributed by atoms with Crippen molar-refractivity contribution >= 4 is 16.3 Å². The number of rotatable bonds is 7. The first kappa shape index (κ1) is 18.4. The van der Waals surface area contributed by atoms with Gasteiger partial charge in [0.25, 0.3) is 0 Å². The average Bonchev–Trinajstić information content (AvgIpc) is 2.69. The Balaban J connectivity index is 2.28. The zero-order valence-corrected chi connectivity index (χ0v) is 15.9. The molecule has 3 unspecified atom stereocenters. The minimum absolute atomic E-state index is 0.290. The molecule has 1 N–H and O–H groups in total. The van der Waals surface area contributed by atoms with Gasteiger partial charge in [0.2, 0.25) is 0 Å². The van der Waals surface area contributed by atoms with E-state index in [0.717, 1.165) is 18.8 Å². The molecule has 0 radical (unpaired) electrons. The summed E-state index contributed by atoms with van der Waals surface area (Å²) < 4.78 is 17.2. The summed E-state index contributed by atoms with van der Waals surface area (Å²) in [5, 5.41) is 0.290. The minimum Gasteiger partial charge on any atom is -0.414 e. The van der Waals surface area contributed by atoms with Gasteiger partial charge in [0.1, 0.15) is 0 Å². The van der Waals surface area contributed by atoms with Gasteiger partial charge < -0.3 is 9.32 Å². The minimum atomic E-state index is -2.25. The lowest BCUT2D eigenvalue weighted by Gasteiger charge is -2.38. The predicted octanol–water partition coefficient (Wildman–Crippen LogP) is 4.81. The van der Waals surface area contributed by atoms with E-state index in [1.165, 1.54) is 25.7 Å². The molecule has 0 spiro atoms. The third kappa shape index (κ3) is 6.01. The molecule has 0 aromatic heterocycles. The third-order valence-corrected chi connectivity index (χ3v) is 10.3. The van der Waals surface area contributed by atoms with E-state index in [1.807, 2.05) is 0 Å². The van der Waals surface area contributed by atoms with Gasteiger partial charge in [0.15, 0.2) is 16.3 Å². The highest BCUT2D eigenvalue weighted by molar-refractivity contribution is 7.37. The van der Waals surface area contributed by atoms with Crippen LogP contribution in [-0.2, 0) is 8.99 Å². The molecule has 1 aliphatic rings. The first-order chi connectivity index (χ1) is 9.12. The van der Waals surface area contributed by atoms with E-state index in [0.29, 0.717) is 17.3 Å². The number of unbranched alkanes of at least 4 members (excludes halogenated alkanes) is 1. The summed E-state index contributed by atoms with van der Waals surface area (Å²) >= 11 is 0. The second kappa shape index (κ2) is 7.58. The summed E-state index contributed by atoms with van der Waals surface area (Å²) in [5.74, 6) is 0.769. The maximum Gasteiger partial charge on any atom is 0.192 e. The van der Waals surface area contributed by atoms with E-state index in [9.17, 15) is 4.57 Å². The van der Waals surface area contributed by atoms with Crippen molar-refractivity contribution in [2.45, 2.75) is 83.5 Å². The number of hydrogen-bond donors (Lipinski definition) is 1. The van der Waals surface area contributed by atoms with Gasteiger partial charge in [-0.05, 0) is 49.7 Å². The SMILES string of the molecule is CC(C)(C)[Si](C)(C)OC1CCC(CCCC[PH](=O)O)C1. The van der Waals surface area contributed by atoms with E-state index in [4.69, 9.17) is 9.32 Å². The molecule has 0 aliphatic heterocycles. The van der Waals surface area contributed by atoms with E-state index in [1.54, 1.807) is 0 Å². The van der Waals surface area contributed by atoms with E-state index in [2.05, 4.69) is 33.9 Å². The van der Waals surface area contributed by atoms with Gasteiger partial charge in [-0.3, -0.25) is 4.57 Å². The summed E-state index contributed by atoms with van der Waals surface area (Å²) in [6, 6.07) is 0. The Morgan fingerprint density at radius 2 is 1.90 bits per heavy atom. The third-order valence-electron chi connectivity index (χ3n) is 5.01. The fourth-order valence-electron chi connectivity index (χ4n) is 2.70. The van der Waals surface area contributed by atoms with Crippen LogP contribution in [0.3, 0.4) is 0 Å². The van der Waals surface area contributed by atoms with Crippen LogP contribution in [0.25, 0.3) is 0 Å². The second-order valence-corrected chi connectivity index (χ2v) is 13.9. The van der Waals surface area contributed by atoms with Crippen LogP contribution in [0, 0.1) is 5.92 Å². The van der Waals surface area contributed by atoms with Crippen molar-refractivity contribution in [1.82, 2.24) is 0 Å². The Morgan fingerprint density at radius 1 is 1.25 bits per heavy atom.